The molecule has 0 saturated carbocycles. The van der Waals surface area contributed by atoms with Gasteiger partial charge in [0.25, 0.3) is 0 Å². The van der Waals surface area contributed by atoms with Crippen molar-refractivity contribution in [3.63, 3.8) is 0 Å². The zero-order chi connectivity index (χ0) is 17.8. The average Bonchev–Trinajstić information content (AvgIpc) is 3.17. The van der Waals surface area contributed by atoms with E-state index in [-0.39, 0.29) is 18.1 Å². The molecule has 0 fully saturated rings. The minimum atomic E-state index is -0.293. The van der Waals surface area contributed by atoms with Crippen LogP contribution in [0.2, 0.25) is 10.0 Å². The van der Waals surface area contributed by atoms with Crippen molar-refractivity contribution < 1.29 is 13.9 Å². The van der Waals surface area contributed by atoms with E-state index in [1.165, 1.54) is 10.8 Å². The molecule has 0 bridgehead atoms. The van der Waals surface area contributed by atoms with Crippen molar-refractivity contribution in [1.82, 2.24) is 9.78 Å². The van der Waals surface area contributed by atoms with Gasteiger partial charge in [-0.2, -0.15) is 5.10 Å². The molecule has 0 unspecified atom stereocenters. The monoisotopic (exact) mass is 376 g/mol. The number of carbonyl (C=O) groups excluding carboxylic acids is 1. The lowest BCUT2D eigenvalue weighted by atomic mass is 10.2. The lowest BCUT2D eigenvalue weighted by Gasteiger charge is -2.03. The van der Waals surface area contributed by atoms with Crippen LogP contribution in [0.5, 0.6) is 5.75 Å². The van der Waals surface area contributed by atoms with Crippen LogP contribution in [0.15, 0.2) is 53.1 Å². The molecule has 0 aliphatic heterocycles. The second-order valence-electron chi connectivity index (χ2n) is 5.25. The van der Waals surface area contributed by atoms with Gasteiger partial charge in [-0.25, -0.2) is 0 Å². The second kappa shape index (κ2) is 7.59. The first kappa shape index (κ1) is 17.3. The summed E-state index contributed by atoms with van der Waals surface area (Å²) in [6.07, 6.45) is 4.51. The molecule has 1 aromatic carbocycles. The Morgan fingerprint density at radius 1 is 1.32 bits per heavy atom. The Hall–Kier alpha value is -2.50. The molecule has 0 radical (unpaired) electrons. The number of hydrogen-bond donors (Lipinski definition) is 0. The highest BCUT2D eigenvalue weighted by Crippen LogP contribution is 2.20. The Balaban J connectivity index is 1.61. The standard InChI is InChI=1S/C18H14Cl2N2O3/c1-22-10-16(20)18(21-22)17(23)8-7-13-5-6-15(25-13)11-24-14-4-2-3-12(19)9-14/h2-10H,11H2,1H3. The van der Waals surface area contributed by atoms with E-state index < -0.39 is 0 Å². The van der Waals surface area contributed by atoms with E-state index in [1.807, 2.05) is 12.1 Å². The summed E-state index contributed by atoms with van der Waals surface area (Å²) < 4.78 is 12.7. The fraction of sp³-hybridized carbons (Fsp3) is 0.111. The molecule has 7 heteroatoms. The third-order valence-electron chi connectivity index (χ3n) is 3.28. The number of furan rings is 1. The zero-order valence-electron chi connectivity index (χ0n) is 13.3. The highest BCUT2D eigenvalue weighted by molar-refractivity contribution is 6.34. The van der Waals surface area contributed by atoms with Crippen LogP contribution in [-0.2, 0) is 13.7 Å². The minimum Gasteiger partial charge on any atom is -0.486 e. The van der Waals surface area contributed by atoms with E-state index in [0.29, 0.717) is 27.3 Å². The number of allylic oxidation sites excluding steroid dienone is 1. The summed E-state index contributed by atoms with van der Waals surface area (Å²) in [6, 6.07) is 10.6. The number of benzene rings is 1. The van der Waals surface area contributed by atoms with E-state index in [0.717, 1.165) is 0 Å². The van der Waals surface area contributed by atoms with E-state index >= 15 is 0 Å². The molecule has 25 heavy (non-hydrogen) atoms. The Kier molecular flexibility index (Phi) is 5.26. The Morgan fingerprint density at radius 3 is 2.88 bits per heavy atom. The molecule has 0 atom stereocenters. The smallest absolute Gasteiger partial charge is 0.207 e. The first-order chi connectivity index (χ1) is 12.0. The van der Waals surface area contributed by atoms with Crippen molar-refractivity contribution in [2.75, 3.05) is 0 Å². The second-order valence-corrected chi connectivity index (χ2v) is 6.09. The van der Waals surface area contributed by atoms with Gasteiger partial charge in [-0.1, -0.05) is 29.3 Å². The Bertz CT molecular complexity index is 928. The number of aryl methyl sites for hydroxylation is 1. The van der Waals surface area contributed by atoms with Crippen LogP contribution in [0.1, 0.15) is 22.0 Å². The first-order valence-electron chi connectivity index (χ1n) is 7.40. The molecular formula is C18H14Cl2N2O3. The fourth-order valence-electron chi connectivity index (χ4n) is 2.14. The summed E-state index contributed by atoms with van der Waals surface area (Å²) in [5.74, 6) is 1.52. The molecule has 3 aromatic rings. The van der Waals surface area contributed by atoms with Crippen molar-refractivity contribution in [3.8, 4) is 5.75 Å². The third-order valence-corrected chi connectivity index (χ3v) is 3.79. The molecule has 0 saturated heterocycles. The first-order valence-corrected chi connectivity index (χ1v) is 8.15. The fourth-order valence-corrected chi connectivity index (χ4v) is 2.59. The van der Waals surface area contributed by atoms with Gasteiger partial charge in [0.05, 0.1) is 5.02 Å². The maximum absolute atomic E-state index is 12.1. The molecule has 0 aliphatic carbocycles. The predicted octanol–water partition coefficient (Wildman–Crippen LogP) is 4.80. The SMILES string of the molecule is Cn1cc(Cl)c(C(=O)C=Cc2ccc(COc3cccc(Cl)c3)o2)n1. The van der Waals surface area contributed by atoms with E-state index in [9.17, 15) is 4.79 Å². The van der Waals surface area contributed by atoms with Crippen molar-refractivity contribution in [2.45, 2.75) is 6.61 Å². The highest BCUT2D eigenvalue weighted by atomic mass is 35.5. The topological polar surface area (TPSA) is 57.3 Å². The number of ether oxygens (including phenoxy) is 1. The number of hydrogen-bond acceptors (Lipinski definition) is 4. The molecule has 0 spiro atoms. The average molecular weight is 377 g/mol. The van der Waals surface area contributed by atoms with Gasteiger partial charge < -0.3 is 9.15 Å². The molecule has 0 amide bonds. The lowest BCUT2D eigenvalue weighted by Crippen LogP contribution is -1.98. The van der Waals surface area contributed by atoms with Crippen LogP contribution in [0.25, 0.3) is 6.08 Å². The summed E-state index contributed by atoms with van der Waals surface area (Å²) in [5.41, 5.74) is 0.205. The summed E-state index contributed by atoms with van der Waals surface area (Å²) in [6.45, 7) is 0.258. The normalized spacial score (nSPS) is 11.2. The molecule has 2 aromatic heterocycles. The van der Waals surface area contributed by atoms with E-state index in [4.69, 9.17) is 32.4 Å². The summed E-state index contributed by atoms with van der Waals surface area (Å²) in [5, 5.41) is 4.94. The predicted molar refractivity (Wildman–Crippen MR) is 96.1 cm³/mol. The molecular weight excluding hydrogens is 363 g/mol. The molecule has 0 N–H and O–H groups in total. The summed E-state index contributed by atoms with van der Waals surface area (Å²) in [4.78, 5) is 12.1. The van der Waals surface area contributed by atoms with Crippen LogP contribution < -0.4 is 4.74 Å². The number of aromatic nitrogens is 2. The van der Waals surface area contributed by atoms with Gasteiger partial charge in [0.1, 0.15) is 23.9 Å². The van der Waals surface area contributed by atoms with Crippen molar-refractivity contribution in [1.29, 1.82) is 0 Å². The summed E-state index contributed by atoms with van der Waals surface area (Å²) in [7, 11) is 1.70. The quantitative estimate of drug-likeness (QED) is 0.458. The molecule has 2 heterocycles. The lowest BCUT2D eigenvalue weighted by molar-refractivity contribution is 0.104. The molecule has 5 nitrogen and oxygen atoms in total. The Morgan fingerprint density at radius 2 is 2.16 bits per heavy atom. The molecule has 3 rings (SSSR count). The third kappa shape index (κ3) is 4.53. The van der Waals surface area contributed by atoms with Gasteiger partial charge in [0.2, 0.25) is 5.78 Å². The molecule has 128 valence electrons. The number of rotatable bonds is 6. The van der Waals surface area contributed by atoms with Crippen LogP contribution in [-0.4, -0.2) is 15.6 Å². The summed E-state index contributed by atoms with van der Waals surface area (Å²) >= 11 is 11.9. The van der Waals surface area contributed by atoms with Gasteiger partial charge in [0.15, 0.2) is 5.69 Å². The van der Waals surface area contributed by atoms with E-state index in [2.05, 4.69) is 5.10 Å². The van der Waals surface area contributed by atoms with Gasteiger partial charge >= 0.3 is 0 Å². The zero-order valence-corrected chi connectivity index (χ0v) is 14.8. The van der Waals surface area contributed by atoms with Crippen LogP contribution in [0, 0.1) is 0 Å². The molecule has 0 aliphatic rings. The maximum Gasteiger partial charge on any atom is 0.207 e. The van der Waals surface area contributed by atoms with Gasteiger partial charge in [0, 0.05) is 18.3 Å². The van der Waals surface area contributed by atoms with Crippen molar-refractivity contribution >= 4 is 35.1 Å². The van der Waals surface area contributed by atoms with Crippen molar-refractivity contribution in [2.24, 2.45) is 7.05 Å². The number of halogens is 2. The Labute approximate surface area is 154 Å². The number of carbonyl (C=O) groups is 1. The number of nitrogens with zero attached hydrogens (tertiary/aromatic N) is 2. The highest BCUT2D eigenvalue weighted by Gasteiger charge is 2.12. The van der Waals surface area contributed by atoms with Gasteiger partial charge in [-0.3, -0.25) is 9.48 Å². The van der Waals surface area contributed by atoms with Crippen LogP contribution in [0.3, 0.4) is 0 Å². The van der Waals surface area contributed by atoms with Gasteiger partial charge in [-0.05, 0) is 42.5 Å². The van der Waals surface area contributed by atoms with Crippen molar-refractivity contribution in [3.05, 3.63) is 75.9 Å². The van der Waals surface area contributed by atoms with Crippen LogP contribution in [0.4, 0.5) is 0 Å². The maximum atomic E-state index is 12.1. The van der Waals surface area contributed by atoms with Crippen LogP contribution >= 0.6 is 23.2 Å². The number of ketones is 1. The minimum absolute atomic E-state index is 0.205. The van der Waals surface area contributed by atoms with E-state index in [1.54, 1.807) is 43.6 Å². The van der Waals surface area contributed by atoms with Gasteiger partial charge in [-0.15, -0.1) is 0 Å². The largest absolute Gasteiger partial charge is 0.486 e.